The molecule has 100 valence electrons. The van der Waals surface area contributed by atoms with E-state index in [0.717, 1.165) is 13.2 Å². The number of methoxy groups -OCH3 is 1. The molecular weight excluding hydrogens is 326 g/mol. The lowest BCUT2D eigenvalue weighted by atomic mass is 10.2. The van der Waals surface area contributed by atoms with E-state index >= 15 is 0 Å². The van der Waals surface area contributed by atoms with Crippen LogP contribution in [0.5, 0.6) is 5.75 Å². The maximum Gasteiger partial charge on any atom is 0.573 e. The van der Waals surface area contributed by atoms with E-state index < -0.39 is 29.6 Å². The van der Waals surface area contributed by atoms with Crippen LogP contribution in [0.1, 0.15) is 16.2 Å². The summed E-state index contributed by atoms with van der Waals surface area (Å²) >= 11 is 2.94. The summed E-state index contributed by atoms with van der Waals surface area (Å²) in [6.45, 7) is 0. The van der Waals surface area contributed by atoms with E-state index in [1.165, 1.54) is 0 Å². The third-order valence-electron chi connectivity index (χ3n) is 1.71. The number of aromatic nitrogens is 1. The zero-order valence-corrected chi connectivity index (χ0v) is 10.4. The Balaban J connectivity index is 3.33. The number of nitrogens with zero attached hydrogens (tertiary/aromatic N) is 1. The molecule has 4 nitrogen and oxygen atoms in total. The lowest BCUT2D eigenvalue weighted by Crippen LogP contribution is -2.21. The summed E-state index contributed by atoms with van der Waals surface area (Å²) in [6, 6.07) is 0.724. The van der Waals surface area contributed by atoms with Gasteiger partial charge in [-0.25, -0.2) is 14.2 Å². The summed E-state index contributed by atoms with van der Waals surface area (Å²) < 4.78 is 57.3. The average molecular weight is 332 g/mol. The lowest BCUT2D eigenvalue weighted by molar-refractivity contribution is -0.275. The quantitative estimate of drug-likeness (QED) is 0.485. The zero-order chi connectivity index (χ0) is 13.9. The fourth-order valence-corrected chi connectivity index (χ4v) is 1.36. The molecule has 0 saturated heterocycles. The summed E-state index contributed by atoms with van der Waals surface area (Å²) in [7, 11) is 0.931. The topological polar surface area (TPSA) is 48.4 Å². The highest BCUT2D eigenvalue weighted by Crippen LogP contribution is 2.29. The zero-order valence-electron chi connectivity index (χ0n) is 8.85. The minimum atomic E-state index is -5.14. The van der Waals surface area contributed by atoms with Crippen molar-refractivity contribution in [3.63, 3.8) is 0 Å². The van der Waals surface area contributed by atoms with E-state index in [9.17, 15) is 22.4 Å². The van der Waals surface area contributed by atoms with Gasteiger partial charge in [-0.05, 0) is 0 Å². The van der Waals surface area contributed by atoms with Crippen molar-refractivity contribution in [3.8, 4) is 5.75 Å². The van der Waals surface area contributed by atoms with Crippen molar-refractivity contribution in [2.45, 2.75) is 11.7 Å². The number of hydrogen-bond acceptors (Lipinski definition) is 4. The number of hydrogen-bond donors (Lipinski definition) is 0. The first-order chi connectivity index (χ1) is 8.28. The first kappa shape index (κ1) is 14.7. The molecule has 0 unspecified atom stereocenters. The Kier molecular flexibility index (Phi) is 4.49. The van der Waals surface area contributed by atoms with Gasteiger partial charge in [-0.3, -0.25) is 0 Å². The molecule has 0 aliphatic carbocycles. The van der Waals surface area contributed by atoms with Crippen molar-refractivity contribution in [3.05, 3.63) is 23.3 Å². The average Bonchev–Trinajstić information content (AvgIpc) is 2.28. The SMILES string of the molecule is COC(=O)c1nc(CBr)cc(F)c1OC(F)(F)F. The predicted molar refractivity (Wildman–Crippen MR) is 54.8 cm³/mol. The van der Waals surface area contributed by atoms with Gasteiger partial charge in [0, 0.05) is 11.4 Å². The van der Waals surface area contributed by atoms with Gasteiger partial charge in [-0.1, -0.05) is 15.9 Å². The second-order valence-corrected chi connectivity index (χ2v) is 3.51. The van der Waals surface area contributed by atoms with Crippen LogP contribution in [0.4, 0.5) is 17.6 Å². The van der Waals surface area contributed by atoms with Crippen LogP contribution >= 0.6 is 15.9 Å². The molecule has 1 aromatic rings. The number of esters is 1. The van der Waals surface area contributed by atoms with Gasteiger partial charge in [0.15, 0.2) is 17.3 Å². The monoisotopic (exact) mass is 331 g/mol. The number of carbonyl (C=O) groups is 1. The van der Waals surface area contributed by atoms with Gasteiger partial charge < -0.3 is 9.47 Å². The number of rotatable bonds is 3. The highest BCUT2D eigenvalue weighted by molar-refractivity contribution is 9.08. The van der Waals surface area contributed by atoms with E-state index in [-0.39, 0.29) is 11.0 Å². The second kappa shape index (κ2) is 5.51. The molecule has 0 saturated carbocycles. The maximum absolute atomic E-state index is 13.4. The van der Waals surface area contributed by atoms with Crippen LogP contribution in [-0.2, 0) is 10.1 Å². The normalized spacial score (nSPS) is 11.2. The van der Waals surface area contributed by atoms with Crippen molar-refractivity contribution in [1.82, 2.24) is 4.98 Å². The highest BCUT2D eigenvalue weighted by atomic mass is 79.9. The minimum absolute atomic E-state index is 0.0300. The summed E-state index contributed by atoms with van der Waals surface area (Å²) in [6.07, 6.45) is -5.14. The Bertz CT molecular complexity index is 464. The molecule has 0 bridgehead atoms. The number of pyridine rings is 1. The van der Waals surface area contributed by atoms with Crippen LogP contribution in [0.2, 0.25) is 0 Å². The summed E-state index contributed by atoms with van der Waals surface area (Å²) in [5, 5.41) is 0.0558. The molecule has 1 heterocycles. The first-order valence-electron chi connectivity index (χ1n) is 4.38. The van der Waals surface area contributed by atoms with Crippen LogP contribution < -0.4 is 4.74 Å². The molecule has 0 amide bonds. The van der Waals surface area contributed by atoms with Crippen molar-refractivity contribution < 1.29 is 31.8 Å². The standard InChI is InChI=1S/C9H6BrF4NO3/c1-17-8(16)6-7(18-9(12,13)14)5(11)2-4(3-10)15-6/h2H,3H2,1H3. The maximum atomic E-state index is 13.4. The van der Waals surface area contributed by atoms with E-state index in [2.05, 4.69) is 30.4 Å². The van der Waals surface area contributed by atoms with E-state index in [1.54, 1.807) is 0 Å². The molecule has 0 atom stereocenters. The molecule has 1 aromatic heterocycles. The number of carbonyl (C=O) groups excluding carboxylic acids is 1. The van der Waals surface area contributed by atoms with Gasteiger partial charge in [-0.2, -0.15) is 0 Å². The largest absolute Gasteiger partial charge is 0.573 e. The van der Waals surface area contributed by atoms with Crippen molar-refractivity contribution >= 4 is 21.9 Å². The second-order valence-electron chi connectivity index (χ2n) is 2.95. The Morgan fingerprint density at radius 1 is 1.50 bits per heavy atom. The van der Waals surface area contributed by atoms with Crippen molar-refractivity contribution in [2.24, 2.45) is 0 Å². The Morgan fingerprint density at radius 3 is 2.56 bits per heavy atom. The van der Waals surface area contributed by atoms with Crippen LogP contribution in [0, 0.1) is 5.82 Å². The van der Waals surface area contributed by atoms with Gasteiger partial charge in [0.05, 0.1) is 12.8 Å². The minimum Gasteiger partial charge on any atom is -0.464 e. The van der Waals surface area contributed by atoms with Gasteiger partial charge in [-0.15, -0.1) is 13.2 Å². The van der Waals surface area contributed by atoms with E-state index in [1.807, 2.05) is 0 Å². The molecule has 0 aromatic carbocycles. The molecule has 9 heteroatoms. The van der Waals surface area contributed by atoms with Gasteiger partial charge in [0.25, 0.3) is 0 Å². The summed E-state index contributed by atoms with van der Waals surface area (Å²) in [5.74, 6) is -3.88. The van der Waals surface area contributed by atoms with Crippen LogP contribution in [0.15, 0.2) is 6.07 Å². The summed E-state index contributed by atoms with van der Waals surface area (Å²) in [5.41, 5.74) is -0.841. The Labute approximate surface area is 107 Å². The van der Waals surface area contributed by atoms with Gasteiger partial charge in [0.2, 0.25) is 0 Å². The molecule has 0 fully saturated rings. The van der Waals surface area contributed by atoms with E-state index in [0.29, 0.717) is 0 Å². The molecule has 0 spiro atoms. The van der Waals surface area contributed by atoms with Crippen molar-refractivity contribution in [1.29, 1.82) is 0 Å². The highest BCUT2D eigenvalue weighted by Gasteiger charge is 2.35. The predicted octanol–water partition coefficient (Wildman–Crippen LogP) is 2.80. The van der Waals surface area contributed by atoms with Gasteiger partial charge >= 0.3 is 12.3 Å². The molecule has 0 aliphatic rings. The lowest BCUT2D eigenvalue weighted by Gasteiger charge is -2.13. The number of alkyl halides is 4. The van der Waals surface area contributed by atoms with Crippen molar-refractivity contribution in [2.75, 3.05) is 7.11 Å². The first-order valence-corrected chi connectivity index (χ1v) is 5.50. The fraction of sp³-hybridized carbons (Fsp3) is 0.333. The molecular formula is C9H6BrF4NO3. The molecule has 1 rings (SSSR count). The molecule has 0 aliphatic heterocycles. The third-order valence-corrected chi connectivity index (χ3v) is 2.29. The van der Waals surface area contributed by atoms with Crippen LogP contribution in [0.25, 0.3) is 0 Å². The van der Waals surface area contributed by atoms with E-state index in [4.69, 9.17) is 0 Å². The molecule has 18 heavy (non-hydrogen) atoms. The van der Waals surface area contributed by atoms with Crippen LogP contribution in [0.3, 0.4) is 0 Å². The fourth-order valence-electron chi connectivity index (χ4n) is 1.07. The summed E-state index contributed by atoms with van der Waals surface area (Å²) in [4.78, 5) is 14.7. The molecule has 0 radical (unpaired) electrons. The smallest absolute Gasteiger partial charge is 0.464 e. The van der Waals surface area contributed by atoms with Gasteiger partial charge in [0.1, 0.15) is 0 Å². The third kappa shape index (κ3) is 3.56. The number of halogens is 5. The molecule has 0 N–H and O–H groups in total. The number of ether oxygens (including phenoxy) is 2. The Morgan fingerprint density at radius 2 is 2.11 bits per heavy atom. The van der Waals surface area contributed by atoms with Crippen LogP contribution in [-0.4, -0.2) is 24.4 Å². The Hall–Kier alpha value is -1.38.